The summed E-state index contributed by atoms with van der Waals surface area (Å²) in [6.45, 7) is 4.37. The van der Waals surface area contributed by atoms with Gasteiger partial charge in [-0.25, -0.2) is 0 Å². The van der Waals surface area contributed by atoms with Crippen LogP contribution < -0.4 is 10.2 Å². The summed E-state index contributed by atoms with van der Waals surface area (Å²) in [5, 5.41) is 13.6. The first-order chi connectivity index (χ1) is 24.7. The fourth-order valence-electron chi connectivity index (χ4n) is 5.88. The molecule has 1 amide bonds. The molecule has 298 valence electrons. The van der Waals surface area contributed by atoms with Crippen molar-refractivity contribution in [3.63, 3.8) is 0 Å². The number of aliphatic hydroxyl groups is 1. The molecule has 3 atom stereocenters. The van der Waals surface area contributed by atoms with Crippen LogP contribution in [0.5, 0.6) is 0 Å². The molecule has 0 saturated carbocycles. The van der Waals surface area contributed by atoms with Crippen molar-refractivity contribution in [3.05, 3.63) is 12.2 Å². The highest BCUT2D eigenvalue weighted by molar-refractivity contribution is 7.45. The van der Waals surface area contributed by atoms with Gasteiger partial charge >= 0.3 is 0 Å². The first-order valence-corrected chi connectivity index (χ1v) is 22.2. The number of nitrogens with one attached hydrogen (secondary N) is 1. The number of amides is 1. The zero-order valence-corrected chi connectivity index (χ0v) is 34.3. The molecule has 1 unspecified atom stereocenters. The SMILES string of the molecule is [2H]C([2H])(CCCCCCCCCCCCCCC)C[13C](=O)N[C@@H](COP(=O)([O-])OCC[N+](C)(C)C)[C@H](O)/C=C/CCCCCCCCCCCCC. The molecule has 0 fully saturated rings. The normalized spacial score (nSPS) is 15.5. The number of aliphatic hydroxyl groups excluding tert-OH is 1. The summed E-state index contributed by atoms with van der Waals surface area (Å²) in [6, 6.07) is -1.07. The second kappa shape index (κ2) is 34.0. The highest BCUT2D eigenvalue weighted by Crippen LogP contribution is 2.38. The van der Waals surface area contributed by atoms with Crippen LogP contribution in [0.4, 0.5) is 0 Å². The number of unbranched alkanes of at least 4 members (excludes halogenated alkanes) is 23. The Kier molecular flexibility index (Phi) is 30.9. The fourth-order valence-corrected chi connectivity index (χ4v) is 6.61. The Morgan fingerprint density at radius 2 is 1.16 bits per heavy atom. The van der Waals surface area contributed by atoms with Gasteiger partial charge < -0.3 is 28.8 Å². The molecule has 0 spiro atoms. The quantitative estimate of drug-likeness (QED) is 0.0215. The van der Waals surface area contributed by atoms with Crippen LogP contribution in [0, 0.1) is 0 Å². The van der Waals surface area contributed by atoms with E-state index in [1.54, 1.807) is 6.08 Å². The summed E-state index contributed by atoms with van der Waals surface area (Å²) >= 11 is 0. The van der Waals surface area contributed by atoms with Gasteiger partial charge in [-0.2, -0.15) is 0 Å². The minimum atomic E-state index is -4.68. The number of likely N-dealkylation sites (N-methyl/N-ethyl adjacent to an activating group) is 1. The topological polar surface area (TPSA) is 108 Å². The number of allylic oxidation sites excluding steroid dienone is 1. The number of phosphoric acid groups is 1. The first kappa shape index (κ1) is 45.4. The average molecular weight is 734 g/mol. The molecule has 0 saturated heterocycles. The molecule has 0 aromatic carbocycles. The van der Waals surface area contributed by atoms with Crippen LogP contribution in [0.15, 0.2) is 12.2 Å². The molecule has 0 aromatic heterocycles. The Labute approximate surface area is 313 Å². The molecule has 0 heterocycles. The van der Waals surface area contributed by atoms with Gasteiger partial charge in [0.15, 0.2) is 0 Å². The van der Waals surface area contributed by atoms with Crippen LogP contribution in [-0.4, -0.2) is 68.5 Å². The summed E-state index contributed by atoms with van der Waals surface area (Å²) < 4.78 is 39.9. The Balaban J connectivity index is 4.71. The van der Waals surface area contributed by atoms with Gasteiger partial charge in [-0.1, -0.05) is 180 Å². The van der Waals surface area contributed by atoms with E-state index in [1.807, 2.05) is 27.2 Å². The smallest absolute Gasteiger partial charge is 0.268 e. The lowest BCUT2D eigenvalue weighted by molar-refractivity contribution is -0.870. The lowest BCUT2D eigenvalue weighted by atomic mass is 10.0. The van der Waals surface area contributed by atoms with Crippen LogP contribution in [0.3, 0.4) is 0 Å². The molecule has 0 aliphatic heterocycles. The maximum Gasteiger partial charge on any atom is 0.268 e. The summed E-state index contributed by atoms with van der Waals surface area (Å²) in [4.78, 5) is 25.4. The molecular weight excluding hydrogens is 648 g/mol. The van der Waals surface area contributed by atoms with Gasteiger partial charge in [-0.3, -0.25) is 9.36 Å². The van der Waals surface area contributed by atoms with Crippen molar-refractivity contribution in [2.45, 2.75) is 206 Å². The predicted molar refractivity (Wildman–Crippen MR) is 210 cm³/mol. The summed E-state index contributed by atoms with van der Waals surface area (Å²) in [6.07, 6.45) is 30.6. The number of hydrogen-bond acceptors (Lipinski definition) is 6. The van der Waals surface area contributed by atoms with Crippen molar-refractivity contribution >= 4 is 13.7 Å². The second-order valence-electron chi connectivity index (χ2n) is 15.4. The van der Waals surface area contributed by atoms with E-state index < -0.39 is 38.9 Å². The van der Waals surface area contributed by atoms with Crippen molar-refractivity contribution in [1.29, 1.82) is 0 Å². The molecule has 0 rings (SSSR count). The first-order valence-electron chi connectivity index (χ1n) is 21.8. The minimum Gasteiger partial charge on any atom is -0.756 e. The molecule has 0 aliphatic rings. The number of quaternary nitrogens is 1. The van der Waals surface area contributed by atoms with Crippen LogP contribution >= 0.6 is 7.82 Å². The molecule has 2 N–H and O–H groups in total. The van der Waals surface area contributed by atoms with Crippen molar-refractivity contribution in [3.8, 4) is 0 Å². The van der Waals surface area contributed by atoms with Gasteiger partial charge in [0, 0.05) is 9.16 Å². The van der Waals surface area contributed by atoms with E-state index in [0.717, 1.165) is 38.5 Å². The molecule has 0 aliphatic carbocycles. The van der Waals surface area contributed by atoms with E-state index in [-0.39, 0.29) is 19.4 Å². The fraction of sp³-hybridized carbons (Fsp3) is 0.927. The Bertz CT molecular complexity index is 918. The number of carbonyl (C=O) groups excluding carboxylic acids is 1. The molecule has 0 bridgehead atoms. The van der Waals surface area contributed by atoms with Crippen LogP contribution in [0.25, 0.3) is 0 Å². The van der Waals surface area contributed by atoms with Crippen LogP contribution in [-0.2, 0) is 18.4 Å². The lowest BCUT2D eigenvalue weighted by Crippen LogP contribution is -2.45. The third-order valence-electron chi connectivity index (χ3n) is 9.23. The third kappa shape index (κ3) is 35.6. The van der Waals surface area contributed by atoms with Gasteiger partial charge in [0.1, 0.15) is 13.2 Å². The highest BCUT2D eigenvalue weighted by Gasteiger charge is 2.23. The second-order valence-corrected chi connectivity index (χ2v) is 16.8. The number of rotatable bonds is 38. The number of hydrogen-bond donors (Lipinski definition) is 2. The van der Waals surface area contributed by atoms with E-state index >= 15 is 0 Å². The molecule has 9 heteroatoms. The number of phosphoric ester groups is 1. The van der Waals surface area contributed by atoms with Gasteiger partial charge in [-0.05, 0) is 19.2 Å². The molecular formula is C41H83N2O6P. The highest BCUT2D eigenvalue weighted by atomic mass is 31.2. The van der Waals surface area contributed by atoms with E-state index in [0.29, 0.717) is 17.4 Å². The Morgan fingerprint density at radius 1 is 0.740 bits per heavy atom. The molecule has 50 heavy (non-hydrogen) atoms. The van der Waals surface area contributed by atoms with Gasteiger partial charge in [0.2, 0.25) is 5.91 Å². The predicted octanol–water partition coefficient (Wildman–Crippen LogP) is 10.6. The largest absolute Gasteiger partial charge is 0.756 e. The average Bonchev–Trinajstić information content (AvgIpc) is 3.06. The number of carbonyl (C=O) groups is 1. The maximum atomic E-state index is 13.0. The molecule has 0 aromatic rings. The van der Waals surface area contributed by atoms with E-state index in [1.165, 1.54) is 116 Å². The zero-order valence-electron chi connectivity index (χ0n) is 35.4. The Morgan fingerprint density at radius 3 is 1.60 bits per heavy atom. The summed E-state index contributed by atoms with van der Waals surface area (Å²) in [5.41, 5.74) is 0. The third-order valence-corrected chi connectivity index (χ3v) is 10.2. The number of nitrogens with zero attached hydrogens (tertiary/aromatic N) is 1. The maximum absolute atomic E-state index is 13.0. The summed E-state index contributed by atoms with van der Waals surface area (Å²) in [7, 11) is 1.08. The lowest BCUT2D eigenvalue weighted by Gasteiger charge is -2.29. The molecule has 0 radical (unpaired) electrons. The molecule has 8 nitrogen and oxygen atoms in total. The van der Waals surface area contributed by atoms with Gasteiger partial charge in [0.05, 0.1) is 39.9 Å². The summed E-state index contributed by atoms with van der Waals surface area (Å²) in [5.74, 6) is -0.585. The Hall–Kier alpha value is -0.760. The van der Waals surface area contributed by atoms with Crippen molar-refractivity contribution < 1.29 is 35.6 Å². The van der Waals surface area contributed by atoms with Crippen LogP contribution in [0.2, 0.25) is 0 Å². The van der Waals surface area contributed by atoms with Crippen molar-refractivity contribution in [2.24, 2.45) is 0 Å². The van der Waals surface area contributed by atoms with E-state index in [9.17, 15) is 19.4 Å². The van der Waals surface area contributed by atoms with Crippen LogP contribution in [0.1, 0.15) is 196 Å². The standard InChI is InChI=1S/C41H83N2O6P/c1-6-8-10-12-14-16-18-20-21-23-25-27-29-31-33-35-41(45)42-39(38-49-50(46,47)48-37-36-43(3,4)5)40(44)34-32-30-28-26-24-22-19-17-15-13-11-9-7-2/h32,34,39-40,44H,6-31,33,35-38H2,1-5H3,(H-,42,45,46,47)/b34-32+/t39-,40+/m0/s1/i33D2,41+1. The van der Waals surface area contributed by atoms with Gasteiger partial charge in [-0.15, -0.1) is 0 Å². The van der Waals surface area contributed by atoms with Crippen molar-refractivity contribution in [1.82, 2.24) is 5.32 Å². The van der Waals surface area contributed by atoms with E-state index in [4.69, 9.17) is 11.8 Å². The monoisotopic (exact) mass is 734 g/mol. The minimum absolute atomic E-state index is 0.0535. The zero-order chi connectivity index (χ0) is 39.0. The van der Waals surface area contributed by atoms with Gasteiger partial charge in [0.25, 0.3) is 7.82 Å². The van der Waals surface area contributed by atoms with E-state index in [2.05, 4.69) is 19.2 Å². The van der Waals surface area contributed by atoms with Crippen molar-refractivity contribution in [2.75, 3.05) is 40.9 Å².